The number of nitrogens with one attached hydrogen (secondary N) is 2. The average Bonchev–Trinajstić information content (AvgIpc) is 2.44. The molecule has 1 aliphatic rings. The second-order valence-corrected chi connectivity index (χ2v) is 4.74. The van der Waals surface area contributed by atoms with Crippen molar-refractivity contribution in [2.24, 2.45) is 0 Å². The van der Waals surface area contributed by atoms with Gasteiger partial charge in [0.25, 0.3) is 0 Å². The highest BCUT2D eigenvalue weighted by molar-refractivity contribution is 6.01. The van der Waals surface area contributed by atoms with E-state index in [0.29, 0.717) is 17.9 Å². The molecule has 0 saturated carbocycles. The van der Waals surface area contributed by atoms with E-state index in [0.717, 1.165) is 0 Å². The number of rotatable bonds is 5. The zero-order valence-corrected chi connectivity index (χ0v) is 11.4. The predicted molar refractivity (Wildman–Crippen MR) is 75.3 cm³/mol. The van der Waals surface area contributed by atoms with Gasteiger partial charge in [-0.1, -0.05) is 0 Å². The maximum atomic E-state index is 11.7. The molecule has 1 fully saturated rings. The van der Waals surface area contributed by atoms with E-state index in [1.165, 1.54) is 0 Å². The summed E-state index contributed by atoms with van der Waals surface area (Å²) >= 11 is 0. The third kappa shape index (κ3) is 4.48. The number of carbonyl (C=O) groups is 3. The molecule has 4 N–H and O–H groups in total. The van der Waals surface area contributed by atoms with E-state index in [9.17, 15) is 14.4 Å². The zero-order valence-electron chi connectivity index (χ0n) is 11.4. The van der Waals surface area contributed by atoms with Crippen molar-refractivity contribution in [3.63, 3.8) is 0 Å². The SMILES string of the molecule is Nc1ccc(OCCC(=O)NC2CCC(=O)NC2=O)cc1. The lowest BCUT2D eigenvalue weighted by atomic mass is 10.1. The molecule has 1 heterocycles. The first kappa shape index (κ1) is 14.8. The molecule has 1 aromatic rings. The van der Waals surface area contributed by atoms with Gasteiger partial charge in [0.15, 0.2) is 0 Å². The van der Waals surface area contributed by atoms with Gasteiger partial charge in [-0.05, 0) is 30.7 Å². The van der Waals surface area contributed by atoms with Gasteiger partial charge in [0.1, 0.15) is 11.8 Å². The van der Waals surface area contributed by atoms with Crippen molar-refractivity contribution in [3.8, 4) is 5.75 Å². The first-order chi connectivity index (χ1) is 10.0. The van der Waals surface area contributed by atoms with Gasteiger partial charge in [-0.25, -0.2) is 0 Å². The molecule has 7 nitrogen and oxygen atoms in total. The number of ether oxygens (including phenoxy) is 1. The smallest absolute Gasteiger partial charge is 0.249 e. The molecular formula is C14H17N3O4. The Morgan fingerprint density at radius 2 is 2.05 bits per heavy atom. The predicted octanol–water partition coefficient (Wildman–Crippen LogP) is -0.0409. The molecule has 21 heavy (non-hydrogen) atoms. The van der Waals surface area contributed by atoms with Gasteiger partial charge < -0.3 is 15.8 Å². The van der Waals surface area contributed by atoms with Gasteiger partial charge in [0, 0.05) is 12.1 Å². The van der Waals surface area contributed by atoms with Crippen molar-refractivity contribution in [2.75, 3.05) is 12.3 Å². The van der Waals surface area contributed by atoms with Crippen molar-refractivity contribution >= 4 is 23.4 Å². The minimum absolute atomic E-state index is 0.127. The summed E-state index contributed by atoms with van der Waals surface area (Å²) < 4.78 is 5.39. The van der Waals surface area contributed by atoms with E-state index in [1.54, 1.807) is 24.3 Å². The Hall–Kier alpha value is -2.57. The van der Waals surface area contributed by atoms with Gasteiger partial charge in [0.05, 0.1) is 13.0 Å². The van der Waals surface area contributed by atoms with Crippen LogP contribution >= 0.6 is 0 Å². The van der Waals surface area contributed by atoms with Crippen molar-refractivity contribution < 1.29 is 19.1 Å². The molecule has 1 aromatic carbocycles. The van der Waals surface area contributed by atoms with Crippen LogP contribution in [0.25, 0.3) is 0 Å². The molecule has 1 unspecified atom stereocenters. The molecule has 0 spiro atoms. The summed E-state index contributed by atoms with van der Waals surface area (Å²) in [4.78, 5) is 34.2. The van der Waals surface area contributed by atoms with Crippen LogP contribution in [0.5, 0.6) is 5.75 Å². The number of nitrogen functional groups attached to an aromatic ring is 1. The lowest BCUT2D eigenvalue weighted by molar-refractivity contribution is -0.137. The number of amides is 3. The number of hydrogen-bond donors (Lipinski definition) is 3. The highest BCUT2D eigenvalue weighted by Crippen LogP contribution is 2.13. The molecule has 112 valence electrons. The number of piperidine rings is 1. The Kier molecular flexibility index (Phi) is 4.76. The van der Waals surface area contributed by atoms with Crippen molar-refractivity contribution in [2.45, 2.75) is 25.3 Å². The van der Waals surface area contributed by atoms with Crippen LogP contribution in [0, 0.1) is 0 Å². The maximum Gasteiger partial charge on any atom is 0.249 e. The molecule has 0 aromatic heterocycles. The largest absolute Gasteiger partial charge is 0.493 e. The first-order valence-corrected chi connectivity index (χ1v) is 6.66. The van der Waals surface area contributed by atoms with Gasteiger partial charge in [-0.2, -0.15) is 0 Å². The Morgan fingerprint density at radius 3 is 2.71 bits per heavy atom. The lowest BCUT2D eigenvalue weighted by Gasteiger charge is -2.21. The molecule has 0 bridgehead atoms. The zero-order chi connectivity index (χ0) is 15.2. The Labute approximate surface area is 121 Å². The topological polar surface area (TPSA) is 111 Å². The molecule has 0 aliphatic carbocycles. The summed E-state index contributed by atoms with van der Waals surface area (Å²) in [5, 5.41) is 4.77. The summed E-state index contributed by atoms with van der Waals surface area (Å²) in [6.45, 7) is 0.197. The summed E-state index contributed by atoms with van der Waals surface area (Å²) in [5.41, 5.74) is 6.19. The van der Waals surface area contributed by atoms with E-state index in [1.807, 2.05) is 0 Å². The van der Waals surface area contributed by atoms with Crippen LogP contribution in [0.2, 0.25) is 0 Å². The van der Waals surface area contributed by atoms with Crippen LogP contribution < -0.4 is 21.1 Å². The molecule has 1 aliphatic heterocycles. The monoisotopic (exact) mass is 291 g/mol. The fraction of sp³-hybridized carbons (Fsp3) is 0.357. The van der Waals surface area contributed by atoms with Crippen LogP contribution in [0.4, 0.5) is 5.69 Å². The summed E-state index contributed by atoms with van der Waals surface area (Å²) in [7, 11) is 0. The van der Waals surface area contributed by atoms with E-state index in [4.69, 9.17) is 10.5 Å². The maximum absolute atomic E-state index is 11.7. The molecule has 2 rings (SSSR count). The second kappa shape index (κ2) is 6.74. The molecule has 7 heteroatoms. The van der Waals surface area contributed by atoms with Gasteiger partial charge in [-0.15, -0.1) is 0 Å². The highest BCUT2D eigenvalue weighted by atomic mass is 16.5. The number of carbonyl (C=O) groups excluding carboxylic acids is 3. The number of benzene rings is 1. The third-order valence-corrected chi connectivity index (χ3v) is 3.05. The third-order valence-electron chi connectivity index (χ3n) is 3.05. The molecule has 1 saturated heterocycles. The Bertz CT molecular complexity index is 542. The number of imide groups is 1. The Balaban J connectivity index is 1.71. The van der Waals surface area contributed by atoms with Crippen molar-refractivity contribution in [1.29, 1.82) is 0 Å². The highest BCUT2D eigenvalue weighted by Gasteiger charge is 2.27. The van der Waals surface area contributed by atoms with Crippen LogP contribution in [-0.4, -0.2) is 30.4 Å². The van der Waals surface area contributed by atoms with E-state index in [2.05, 4.69) is 10.6 Å². The van der Waals surface area contributed by atoms with Crippen LogP contribution in [0.15, 0.2) is 24.3 Å². The minimum Gasteiger partial charge on any atom is -0.493 e. The lowest BCUT2D eigenvalue weighted by Crippen LogP contribution is -2.52. The van der Waals surface area contributed by atoms with Gasteiger partial charge in [-0.3, -0.25) is 19.7 Å². The van der Waals surface area contributed by atoms with Crippen LogP contribution in [-0.2, 0) is 14.4 Å². The quantitative estimate of drug-likeness (QED) is 0.521. The fourth-order valence-electron chi connectivity index (χ4n) is 1.92. The molecule has 1 atom stereocenters. The normalized spacial score (nSPS) is 18.0. The molecule has 0 radical (unpaired) electrons. The van der Waals surface area contributed by atoms with Crippen molar-refractivity contribution in [3.05, 3.63) is 24.3 Å². The summed E-state index contributed by atoms with van der Waals surface area (Å²) in [5.74, 6) is -0.436. The van der Waals surface area contributed by atoms with E-state index >= 15 is 0 Å². The van der Waals surface area contributed by atoms with Gasteiger partial charge in [0.2, 0.25) is 17.7 Å². The Morgan fingerprint density at radius 1 is 1.33 bits per heavy atom. The summed E-state index contributed by atoms with van der Waals surface area (Å²) in [6, 6.07) is 6.20. The minimum atomic E-state index is -0.647. The number of nitrogens with two attached hydrogens (primary N) is 1. The average molecular weight is 291 g/mol. The fourth-order valence-corrected chi connectivity index (χ4v) is 1.92. The first-order valence-electron chi connectivity index (χ1n) is 6.66. The van der Waals surface area contributed by atoms with E-state index < -0.39 is 11.9 Å². The molecule has 3 amide bonds. The van der Waals surface area contributed by atoms with Gasteiger partial charge >= 0.3 is 0 Å². The standard InChI is InChI=1S/C14H17N3O4/c15-9-1-3-10(4-2-9)21-8-7-13(19)16-11-5-6-12(18)17-14(11)20/h1-4,11H,5-8,15H2,(H,16,19)(H,17,18,20). The summed E-state index contributed by atoms with van der Waals surface area (Å²) in [6.07, 6.45) is 0.690. The van der Waals surface area contributed by atoms with Crippen molar-refractivity contribution in [1.82, 2.24) is 10.6 Å². The molecular weight excluding hydrogens is 274 g/mol. The second-order valence-electron chi connectivity index (χ2n) is 4.74. The van der Waals surface area contributed by atoms with Crippen LogP contribution in [0.3, 0.4) is 0 Å². The number of anilines is 1. The van der Waals surface area contributed by atoms with Crippen LogP contribution in [0.1, 0.15) is 19.3 Å². The van der Waals surface area contributed by atoms with E-state index in [-0.39, 0.29) is 31.3 Å². The number of hydrogen-bond acceptors (Lipinski definition) is 5.